The van der Waals surface area contributed by atoms with Crippen LogP contribution in [0.4, 0.5) is 5.69 Å². The highest BCUT2D eigenvalue weighted by atomic mass is 16.6. The Morgan fingerprint density at radius 2 is 2.12 bits per heavy atom. The number of rotatable bonds is 0. The van der Waals surface area contributed by atoms with E-state index >= 15 is 0 Å². The van der Waals surface area contributed by atoms with Crippen LogP contribution in [0.5, 0.6) is 0 Å². The molecule has 3 aliphatic heterocycles. The lowest BCUT2D eigenvalue weighted by Gasteiger charge is -2.37. The van der Waals surface area contributed by atoms with Crippen LogP contribution in [0.2, 0.25) is 0 Å². The number of nitrogens with zero attached hydrogens (tertiary/aromatic N) is 1. The first-order valence-corrected chi connectivity index (χ1v) is 7.44. The second kappa shape index (κ2) is 4.61. The van der Waals surface area contributed by atoms with Gasteiger partial charge in [0.2, 0.25) is 11.8 Å². The molecule has 0 bridgehead atoms. The molecule has 0 unspecified atom stereocenters. The molecule has 0 radical (unpaired) electrons. The molecule has 3 aliphatic rings. The lowest BCUT2D eigenvalue weighted by Crippen LogP contribution is -2.48. The first-order valence-electron chi connectivity index (χ1n) is 7.44. The van der Waals surface area contributed by atoms with Gasteiger partial charge in [0, 0.05) is 17.7 Å². The Morgan fingerprint density at radius 3 is 2.88 bits per heavy atom. The molecule has 24 heavy (non-hydrogen) atoms. The number of cyclic esters (lactones) is 1. The number of fused-ring (bicyclic) bond motifs is 3. The fraction of sp³-hybridized carbons (Fsp3) is 0.235. The van der Waals surface area contributed by atoms with Gasteiger partial charge in [0.15, 0.2) is 5.41 Å². The van der Waals surface area contributed by atoms with Crippen LogP contribution in [0.1, 0.15) is 18.9 Å². The number of nitrogens with two attached hydrogens (primary N) is 1. The third-order valence-corrected chi connectivity index (χ3v) is 4.53. The lowest BCUT2D eigenvalue weighted by molar-refractivity contribution is -0.148. The highest BCUT2D eigenvalue weighted by Gasteiger charge is 2.61. The van der Waals surface area contributed by atoms with E-state index in [2.05, 4.69) is 5.32 Å². The number of hydrogen-bond donors (Lipinski definition) is 2. The Labute approximate surface area is 137 Å². The molecule has 0 saturated heterocycles. The van der Waals surface area contributed by atoms with Gasteiger partial charge < -0.3 is 20.5 Å². The van der Waals surface area contributed by atoms with Crippen molar-refractivity contribution in [3.05, 3.63) is 52.6 Å². The minimum absolute atomic E-state index is 0.0359. The summed E-state index contributed by atoms with van der Waals surface area (Å²) < 4.78 is 10.8. The Hall–Kier alpha value is -3.27. The highest BCUT2D eigenvalue weighted by molar-refractivity contribution is 6.17. The van der Waals surface area contributed by atoms with Gasteiger partial charge in [0.1, 0.15) is 29.1 Å². The third kappa shape index (κ3) is 1.55. The van der Waals surface area contributed by atoms with E-state index in [9.17, 15) is 14.9 Å². The van der Waals surface area contributed by atoms with Crippen molar-refractivity contribution < 1.29 is 19.1 Å². The molecule has 120 valence electrons. The maximum Gasteiger partial charge on any atom is 0.339 e. The van der Waals surface area contributed by atoms with E-state index in [0.29, 0.717) is 11.3 Å². The normalized spacial score (nSPS) is 27.9. The topological polar surface area (TPSA) is 114 Å². The number of anilines is 1. The summed E-state index contributed by atoms with van der Waals surface area (Å²) in [6.45, 7) is 1.72. The lowest BCUT2D eigenvalue weighted by atomic mass is 9.67. The van der Waals surface area contributed by atoms with E-state index in [1.54, 1.807) is 31.2 Å². The molecule has 0 saturated carbocycles. The highest BCUT2D eigenvalue weighted by Crippen LogP contribution is 2.53. The quantitative estimate of drug-likeness (QED) is 0.693. The van der Waals surface area contributed by atoms with Gasteiger partial charge in [-0.15, -0.1) is 0 Å². The minimum Gasteiger partial charge on any atom is -0.459 e. The van der Waals surface area contributed by atoms with Crippen LogP contribution in [-0.4, -0.2) is 18.0 Å². The van der Waals surface area contributed by atoms with E-state index in [4.69, 9.17) is 15.2 Å². The van der Waals surface area contributed by atoms with Gasteiger partial charge in [-0.3, -0.25) is 4.79 Å². The number of carbonyl (C=O) groups is 2. The summed E-state index contributed by atoms with van der Waals surface area (Å²) in [7, 11) is 0. The summed E-state index contributed by atoms with van der Waals surface area (Å²) in [5.41, 5.74) is 5.27. The molecule has 2 atom stereocenters. The zero-order chi connectivity index (χ0) is 17.1. The van der Waals surface area contributed by atoms with Gasteiger partial charge in [0.05, 0.1) is 0 Å². The smallest absolute Gasteiger partial charge is 0.339 e. The summed E-state index contributed by atoms with van der Waals surface area (Å²) in [6, 6.07) is 8.84. The molecular weight excluding hydrogens is 310 g/mol. The molecule has 7 nitrogen and oxygen atoms in total. The van der Waals surface area contributed by atoms with Crippen LogP contribution in [0.3, 0.4) is 0 Å². The Morgan fingerprint density at radius 1 is 1.38 bits per heavy atom. The van der Waals surface area contributed by atoms with Crippen molar-refractivity contribution in [3.8, 4) is 6.07 Å². The van der Waals surface area contributed by atoms with Gasteiger partial charge in [0.25, 0.3) is 0 Å². The van der Waals surface area contributed by atoms with Crippen molar-refractivity contribution >= 4 is 17.6 Å². The molecule has 1 aromatic carbocycles. The van der Waals surface area contributed by atoms with Crippen molar-refractivity contribution in [2.75, 3.05) is 5.32 Å². The van der Waals surface area contributed by atoms with Crippen molar-refractivity contribution in [2.45, 2.75) is 24.9 Å². The largest absolute Gasteiger partial charge is 0.459 e. The number of para-hydroxylation sites is 1. The molecule has 0 aromatic heterocycles. The number of esters is 1. The van der Waals surface area contributed by atoms with Gasteiger partial charge in [-0.25, -0.2) is 4.79 Å². The number of amides is 1. The average molecular weight is 323 g/mol. The van der Waals surface area contributed by atoms with E-state index in [1.807, 2.05) is 6.07 Å². The molecule has 1 aromatic rings. The second-order valence-corrected chi connectivity index (χ2v) is 5.92. The molecule has 4 rings (SSSR count). The van der Waals surface area contributed by atoms with Gasteiger partial charge in [-0.05, 0) is 13.0 Å². The number of ether oxygens (including phenoxy) is 2. The molecular formula is C17H13N3O4. The van der Waals surface area contributed by atoms with Crippen molar-refractivity contribution in [1.82, 2.24) is 0 Å². The van der Waals surface area contributed by atoms with E-state index in [-0.39, 0.29) is 29.2 Å². The molecule has 0 aliphatic carbocycles. The molecule has 3 heterocycles. The summed E-state index contributed by atoms with van der Waals surface area (Å²) in [6.07, 6.45) is -0.109. The van der Waals surface area contributed by atoms with Crippen LogP contribution in [-0.2, 0) is 24.5 Å². The molecule has 1 amide bonds. The molecule has 1 spiro atoms. The maximum atomic E-state index is 13.0. The van der Waals surface area contributed by atoms with Crippen molar-refractivity contribution in [3.63, 3.8) is 0 Å². The average Bonchev–Trinajstić information content (AvgIpc) is 2.80. The van der Waals surface area contributed by atoms with Crippen LogP contribution >= 0.6 is 0 Å². The monoisotopic (exact) mass is 323 g/mol. The molecule has 7 heteroatoms. The minimum atomic E-state index is -1.62. The zero-order valence-corrected chi connectivity index (χ0v) is 12.8. The maximum absolute atomic E-state index is 13.0. The van der Waals surface area contributed by atoms with Crippen LogP contribution in [0.15, 0.2) is 47.1 Å². The second-order valence-electron chi connectivity index (χ2n) is 5.92. The SMILES string of the molecule is C[C@H]1CC2=C(C(=O)O1)[C@@]1(C(=O)Nc3ccccc31)C(C#N)=C(N)O2. The van der Waals surface area contributed by atoms with Crippen LogP contribution in [0, 0.1) is 11.3 Å². The number of benzene rings is 1. The zero-order valence-electron chi connectivity index (χ0n) is 12.8. The van der Waals surface area contributed by atoms with Crippen molar-refractivity contribution in [1.29, 1.82) is 5.26 Å². The summed E-state index contributed by atoms with van der Waals surface area (Å²) in [5.74, 6) is -1.06. The predicted molar refractivity (Wildman–Crippen MR) is 81.9 cm³/mol. The van der Waals surface area contributed by atoms with Gasteiger partial charge >= 0.3 is 5.97 Å². The summed E-state index contributed by atoms with van der Waals surface area (Å²) in [4.78, 5) is 25.6. The predicted octanol–water partition coefficient (Wildman–Crippen LogP) is 1.19. The van der Waals surface area contributed by atoms with E-state index in [1.165, 1.54) is 0 Å². The standard InChI is InChI=1S/C17H13N3O4/c1-8-6-12-13(15(21)23-8)17(10(7-18)14(19)24-12)9-4-2-3-5-11(9)20-16(17)22/h2-5,8H,6,19H2,1H3,(H,20,22)/t8-,17-/m0/s1. The molecule has 3 N–H and O–H groups in total. The Kier molecular flexibility index (Phi) is 2.76. The van der Waals surface area contributed by atoms with Gasteiger partial charge in [-0.1, -0.05) is 18.2 Å². The number of nitrogens with one attached hydrogen (secondary N) is 1. The van der Waals surface area contributed by atoms with Crippen molar-refractivity contribution in [2.24, 2.45) is 5.73 Å². The number of hydrogen-bond acceptors (Lipinski definition) is 6. The summed E-state index contributed by atoms with van der Waals surface area (Å²) in [5, 5.41) is 12.4. The number of carbonyl (C=O) groups excluding carboxylic acids is 2. The number of nitriles is 1. The first-order chi connectivity index (χ1) is 11.5. The first kappa shape index (κ1) is 14.3. The summed E-state index contributed by atoms with van der Waals surface area (Å²) >= 11 is 0. The third-order valence-electron chi connectivity index (χ3n) is 4.53. The fourth-order valence-corrected chi connectivity index (χ4v) is 3.60. The van der Waals surface area contributed by atoms with Gasteiger partial charge in [-0.2, -0.15) is 5.26 Å². The van der Waals surface area contributed by atoms with E-state index < -0.39 is 23.4 Å². The van der Waals surface area contributed by atoms with Crippen LogP contribution in [0.25, 0.3) is 0 Å². The van der Waals surface area contributed by atoms with Crippen LogP contribution < -0.4 is 11.1 Å². The molecule has 0 fully saturated rings. The Balaban J connectivity index is 2.10. The Bertz CT molecular complexity index is 909. The van der Waals surface area contributed by atoms with E-state index in [0.717, 1.165) is 0 Å². The fourth-order valence-electron chi connectivity index (χ4n) is 3.60.